The number of hydrogen-bond acceptors (Lipinski definition) is 5. The molecule has 22 heavy (non-hydrogen) atoms. The Kier molecular flexibility index (Phi) is 5.04. The van der Waals surface area contributed by atoms with Gasteiger partial charge < -0.3 is 14.8 Å². The van der Waals surface area contributed by atoms with E-state index < -0.39 is 17.9 Å². The summed E-state index contributed by atoms with van der Waals surface area (Å²) < 4.78 is 10.2. The lowest BCUT2D eigenvalue weighted by Crippen LogP contribution is -2.22. The summed E-state index contributed by atoms with van der Waals surface area (Å²) >= 11 is 9.36. The van der Waals surface area contributed by atoms with Crippen molar-refractivity contribution in [2.45, 2.75) is 0 Å². The smallest absolute Gasteiger partial charge is 0.343 e. The second kappa shape index (κ2) is 6.80. The average Bonchev–Trinajstić information content (AvgIpc) is 2.75. The molecule has 116 valence electrons. The molecule has 0 aliphatic carbocycles. The highest BCUT2D eigenvalue weighted by Gasteiger charge is 2.23. The molecular formula is C13H10BrClN2O5. The van der Waals surface area contributed by atoms with Crippen LogP contribution in [0.1, 0.15) is 5.56 Å². The molecule has 0 atom stereocenters. The zero-order valence-corrected chi connectivity index (χ0v) is 13.6. The monoisotopic (exact) mass is 388 g/mol. The standard InChI is InChI=1S/C13H10BrClN2O5/c1-21-10(18)5-22-11-7(14)2-6(3-8(11)15)4-9-12(19)17-13(20)16-9/h2-4H,5H2,1H3,(H2,16,17,19,20)/b9-4+. The first-order valence-corrected chi connectivity index (χ1v) is 7.10. The molecule has 1 aliphatic rings. The minimum absolute atomic E-state index is 0.108. The number of imide groups is 1. The van der Waals surface area contributed by atoms with Crippen molar-refractivity contribution in [2.24, 2.45) is 0 Å². The van der Waals surface area contributed by atoms with Gasteiger partial charge in [-0.2, -0.15) is 0 Å². The second-order valence-electron chi connectivity index (χ2n) is 4.14. The highest BCUT2D eigenvalue weighted by atomic mass is 79.9. The fraction of sp³-hybridized carbons (Fsp3) is 0.154. The Morgan fingerprint density at radius 3 is 2.64 bits per heavy atom. The molecule has 0 spiro atoms. The molecule has 1 fully saturated rings. The van der Waals surface area contributed by atoms with Gasteiger partial charge in [-0.25, -0.2) is 9.59 Å². The van der Waals surface area contributed by atoms with Gasteiger partial charge >= 0.3 is 12.0 Å². The van der Waals surface area contributed by atoms with Gasteiger partial charge in [0.25, 0.3) is 5.91 Å². The number of benzene rings is 1. The first kappa shape index (κ1) is 16.3. The van der Waals surface area contributed by atoms with Gasteiger partial charge in [-0.15, -0.1) is 0 Å². The summed E-state index contributed by atoms with van der Waals surface area (Å²) in [6.45, 7) is -0.284. The molecule has 2 N–H and O–H groups in total. The van der Waals surface area contributed by atoms with Crippen molar-refractivity contribution in [1.82, 2.24) is 10.6 Å². The van der Waals surface area contributed by atoms with Crippen LogP contribution >= 0.6 is 27.5 Å². The van der Waals surface area contributed by atoms with Crippen molar-refractivity contribution in [2.75, 3.05) is 13.7 Å². The molecule has 0 aromatic heterocycles. The first-order chi connectivity index (χ1) is 10.4. The van der Waals surface area contributed by atoms with Gasteiger partial charge in [-0.1, -0.05) is 11.6 Å². The minimum Gasteiger partial charge on any atom is -0.479 e. The van der Waals surface area contributed by atoms with Gasteiger partial charge in [-0.05, 0) is 39.7 Å². The summed E-state index contributed by atoms with van der Waals surface area (Å²) in [4.78, 5) is 33.6. The number of hydrogen-bond donors (Lipinski definition) is 2. The summed E-state index contributed by atoms with van der Waals surface area (Å²) in [5.41, 5.74) is 0.672. The lowest BCUT2D eigenvalue weighted by Gasteiger charge is -2.10. The van der Waals surface area contributed by atoms with E-state index in [9.17, 15) is 14.4 Å². The predicted octanol–water partition coefficient (Wildman–Crippen LogP) is 1.83. The first-order valence-electron chi connectivity index (χ1n) is 5.93. The van der Waals surface area contributed by atoms with E-state index >= 15 is 0 Å². The topological polar surface area (TPSA) is 93.7 Å². The molecule has 1 aromatic carbocycles. The van der Waals surface area contributed by atoms with Crippen LogP contribution in [0.4, 0.5) is 4.79 Å². The number of carbonyl (C=O) groups excluding carboxylic acids is 3. The third-order valence-corrected chi connectivity index (χ3v) is 3.48. The Morgan fingerprint density at radius 1 is 1.36 bits per heavy atom. The molecule has 7 nitrogen and oxygen atoms in total. The van der Waals surface area contributed by atoms with Crippen LogP contribution in [0.2, 0.25) is 5.02 Å². The number of carbonyl (C=O) groups is 3. The molecule has 9 heteroatoms. The van der Waals surface area contributed by atoms with Crippen LogP contribution in [0.5, 0.6) is 5.75 Å². The lowest BCUT2D eigenvalue weighted by atomic mass is 10.2. The van der Waals surface area contributed by atoms with E-state index in [0.717, 1.165) is 0 Å². The minimum atomic E-state index is -0.584. The molecule has 0 radical (unpaired) electrons. The highest BCUT2D eigenvalue weighted by Crippen LogP contribution is 2.35. The normalized spacial score (nSPS) is 15.5. The molecule has 1 heterocycles. The number of ether oxygens (including phenoxy) is 2. The molecule has 1 saturated heterocycles. The van der Waals surface area contributed by atoms with Crippen LogP contribution < -0.4 is 15.4 Å². The zero-order chi connectivity index (χ0) is 16.3. The van der Waals surface area contributed by atoms with E-state index in [2.05, 4.69) is 31.3 Å². The highest BCUT2D eigenvalue weighted by molar-refractivity contribution is 9.10. The second-order valence-corrected chi connectivity index (χ2v) is 5.41. The van der Waals surface area contributed by atoms with E-state index in [0.29, 0.717) is 10.0 Å². The molecule has 1 aliphatic heterocycles. The maximum Gasteiger partial charge on any atom is 0.343 e. The Bertz CT molecular complexity index is 666. The van der Waals surface area contributed by atoms with Gasteiger partial charge in [0.1, 0.15) is 5.70 Å². The molecular weight excluding hydrogens is 380 g/mol. The van der Waals surface area contributed by atoms with Crippen molar-refractivity contribution in [3.8, 4) is 5.75 Å². The van der Waals surface area contributed by atoms with Crippen molar-refractivity contribution in [3.05, 3.63) is 32.9 Å². The quantitative estimate of drug-likeness (QED) is 0.465. The fourth-order valence-corrected chi connectivity index (χ4v) is 2.63. The van der Waals surface area contributed by atoms with E-state index in [1.165, 1.54) is 19.3 Å². The third-order valence-electron chi connectivity index (χ3n) is 2.61. The van der Waals surface area contributed by atoms with Gasteiger partial charge in [0.05, 0.1) is 16.6 Å². The third kappa shape index (κ3) is 3.77. The predicted molar refractivity (Wildman–Crippen MR) is 81.3 cm³/mol. The molecule has 0 unspecified atom stereocenters. The number of urea groups is 1. The fourth-order valence-electron chi connectivity index (χ4n) is 1.64. The van der Waals surface area contributed by atoms with Gasteiger partial charge in [-0.3, -0.25) is 10.1 Å². The molecule has 0 saturated carbocycles. The van der Waals surface area contributed by atoms with Crippen molar-refractivity contribution in [3.63, 3.8) is 0 Å². The number of amides is 3. The van der Waals surface area contributed by atoms with Crippen LogP contribution in [0.25, 0.3) is 6.08 Å². The van der Waals surface area contributed by atoms with E-state index in [4.69, 9.17) is 16.3 Å². The number of methoxy groups -OCH3 is 1. The Morgan fingerprint density at radius 2 is 2.09 bits per heavy atom. The van der Waals surface area contributed by atoms with Crippen LogP contribution in [-0.2, 0) is 14.3 Å². The van der Waals surface area contributed by atoms with Crippen molar-refractivity contribution < 1.29 is 23.9 Å². The lowest BCUT2D eigenvalue weighted by molar-refractivity contribution is -0.142. The zero-order valence-electron chi connectivity index (χ0n) is 11.2. The van der Waals surface area contributed by atoms with Crippen LogP contribution in [0.3, 0.4) is 0 Å². The number of rotatable bonds is 4. The van der Waals surface area contributed by atoms with E-state index in [1.807, 2.05) is 0 Å². The average molecular weight is 390 g/mol. The van der Waals surface area contributed by atoms with Gasteiger partial charge in [0.15, 0.2) is 12.4 Å². The number of esters is 1. The van der Waals surface area contributed by atoms with Crippen LogP contribution in [0.15, 0.2) is 22.3 Å². The van der Waals surface area contributed by atoms with Crippen molar-refractivity contribution >= 4 is 51.5 Å². The number of halogens is 2. The van der Waals surface area contributed by atoms with Crippen LogP contribution in [-0.4, -0.2) is 31.6 Å². The van der Waals surface area contributed by atoms with Gasteiger partial charge in [0.2, 0.25) is 0 Å². The Balaban J connectivity index is 2.23. The summed E-state index contributed by atoms with van der Waals surface area (Å²) in [5, 5.41) is 4.68. The number of nitrogens with one attached hydrogen (secondary N) is 2. The molecule has 2 rings (SSSR count). The molecule has 3 amide bonds. The van der Waals surface area contributed by atoms with E-state index in [1.54, 1.807) is 6.07 Å². The summed E-state index contributed by atoms with van der Waals surface area (Å²) in [6.07, 6.45) is 1.46. The molecule has 0 bridgehead atoms. The SMILES string of the molecule is COC(=O)COc1c(Cl)cc(/C=C2/NC(=O)NC2=O)cc1Br. The van der Waals surface area contributed by atoms with E-state index in [-0.39, 0.29) is 23.1 Å². The summed E-state index contributed by atoms with van der Waals surface area (Å²) in [5.74, 6) is -0.795. The van der Waals surface area contributed by atoms with Gasteiger partial charge in [0, 0.05) is 0 Å². The maximum absolute atomic E-state index is 11.5. The maximum atomic E-state index is 11.5. The summed E-state index contributed by atoms with van der Waals surface area (Å²) in [6, 6.07) is 2.58. The van der Waals surface area contributed by atoms with Crippen molar-refractivity contribution in [1.29, 1.82) is 0 Å². The largest absolute Gasteiger partial charge is 0.479 e. The van der Waals surface area contributed by atoms with Crippen LogP contribution in [0, 0.1) is 0 Å². The molecule has 1 aromatic rings. The summed E-state index contributed by atoms with van der Waals surface area (Å²) in [7, 11) is 1.25. The Hall–Kier alpha value is -2.06. The Labute approximate surface area is 138 Å².